The smallest absolute Gasteiger partial charge is 0.358 e. The molecule has 0 aliphatic carbocycles. The molecule has 0 saturated carbocycles. The predicted octanol–water partition coefficient (Wildman–Crippen LogP) is 3.11. The van der Waals surface area contributed by atoms with E-state index in [0.717, 1.165) is 0 Å². The van der Waals surface area contributed by atoms with Crippen LogP contribution in [-0.4, -0.2) is 24.6 Å². The second kappa shape index (κ2) is 7.42. The Kier molecular flexibility index (Phi) is 5.55. The van der Waals surface area contributed by atoms with Gasteiger partial charge in [0.2, 0.25) is 0 Å². The van der Waals surface area contributed by atoms with E-state index in [1.54, 1.807) is 43.3 Å². The van der Waals surface area contributed by atoms with E-state index in [0.29, 0.717) is 17.1 Å². The molecular formula is C16H17O6P. The lowest BCUT2D eigenvalue weighted by molar-refractivity contribution is 0.0600. The molecule has 0 aliphatic rings. The summed E-state index contributed by atoms with van der Waals surface area (Å²) in [4.78, 5) is 21.1. The maximum Gasteiger partial charge on any atom is 0.358 e. The van der Waals surface area contributed by atoms with Crippen molar-refractivity contribution in [2.24, 2.45) is 0 Å². The fraction of sp³-hybridized carbons (Fsp3) is 0.188. The van der Waals surface area contributed by atoms with Gasteiger partial charge >= 0.3 is 13.6 Å². The summed E-state index contributed by atoms with van der Waals surface area (Å²) in [5.41, 5.74) is 0.424. The van der Waals surface area contributed by atoms with Crippen LogP contribution in [-0.2, 0) is 13.8 Å². The van der Waals surface area contributed by atoms with Crippen molar-refractivity contribution in [2.45, 2.75) is 6.92 Å². The minimum Gasteiger partial charge on any atom is -0.465 e. The Morgan fingerprint density at radius 1 is 1.04 bits per heavy atom. The Morgan fingerprint density at radius 2 is 1.57 bits per heavy atom. The van der Waals surface area contributed by atoms with Gasteiger partial charge in [-0.25, -0.2) is 4.79 Å². The van der Waals surface area contributed by atoms with Crippen molar-refractivity contribution in [2.75, 3.05) is 13.7 Å². The molecule has 122 valence electrons. The lowest BCUT2D eigenvalue weighted by Crippen LogP contribution is -2.06. The van der Waals surface area contributed by atoms with Gasteiger partial charge in [-0.1, -0.05) is 0 Å². The summed E-state index contributed by atoms with van der Waals surface area (Å²) >= 11 is 0. The maximum absolute atomic E-state index is 11.9. The Labute approximate surface area is 134 Å². The van der Waals surface area contributed by atoms with Gasteiger partial charge in [0, 0.05) is 0 Å². The molecule has 6 nitrogen and oxygen atoms in total. The predicted molar refractivity (Wildman–Crippen MR) is 85.4 cm³/mol. The number of carbonyl (C=O) groups excluding carboxylic acids is 1. The zero-order valence-corrected chi connectivity index (χ0v) is 13.7. The van der Waals surface area contributed by atoms with Crippen LogP contribution in [0.3, 0.4) is 0 Å². The van der Waals surface area contributed by atoms with Crippen molar-refractivity contribution in [3.05, 3.63) is 54.1 Å². The van der Waals surface area contributed by atoms with Gasteiger partial charge in [-0.15, -0.1) is 0 Å². The van der Waals surface area contributed by atoms with Crippen LogP contribution in [0.15, 0.2) is 48.5 Å². The van der Waals surface area contributed by atoms with Gasteiger partial charge in [0.25, 0.3) is 0 Å². The van der Waals surface area contributed by atoms with Gasteiger partial charge in [0.1, 0.15) is 11.5 Å². The fourth-order valence-electron chi connectivity index (χ4n) is 1.87. The van der Waals surface area contributed by atoms with Crippen LogP contribution in [0, 0.1) is 0 Å². The minimum atomic E-state index is -3.78. The Morgan fingerprint density at radius 3 is 2.04 bits per heavy atom. The number of rotatable bonds is 6. The average Bonchev–Trinajstić information content (AvgIpc) is 2.55. The highest BCUT2D eigenvalue weighted by molar-refractivity contribution is 7.61. The highest BCUT2D eigenvalue weighted by Gasteiger charge is 2.21. The third kappa shape index (κ3) is 4.42. The summed E-state index contributed by atoms with van der Waals surface area (Å²) in [6.45, 7) is 1.80. The lowest BCUT2D eigenvalue weighted by atomic mass is 10.2. The van der Waals surface area contributed by atoms with Crippen LogP contribution in [0.25, 0.3) is 0 Å². The normalized spacial score (nSPS) is 13.2. The first-order valence-corrected chi connectivity index (χ1v) is 8.48. The van der Waals surface area contributed by atoms with E-state index in [2.05, 4.69) is 4.74 Å². The van der Waals surface area contributed by atoms with Crippen molar-refractivity contribution in [1.82, 2.24) is 0 Å². The highest BCUT2D eigenvalue weighted by Crippen LogP contribution is 2.40. The van der Waals surface area contributed by atoms with Gasteiger partial charge in [-0.05, 0) is 55.5 Å². The van der Waals surface area contributed by atoms with E-state index in [9.17, 15) is 14.3 Å². The number of esters is 1. The molecule has 0 bridgehead atoms. The molecule has 23 heavy (non-hydrogen) atoms. The highest BCUT2D eigenvalue weighted by atomic mass is 31.2. The Bertz CT molecular complexity index is 708. The second-order valence-corrected chi connectivity index (χ2v) is 6.37. The van der Waals surface area contributed by atoms with Crippen molar-refractivity contribution < 1.29 is 28.3 Å². The average molecular weight is 336 g/mol. The van der Waals surface area contributed by atoms with Crippen molar-refractivity contribution in [3.8, 4) is 11.5 Å². The summed E-state index contributed by atoms with van der Waals surface area (Å²) in [5.74, 6) is 0.606. The molecule has 0 aliphatic heterocycles. The molecule has 1 unspecified atom stereocenters. The first-order chi connectivity index (χ1) is 11.0. The van der Waals surface area contributed by atoms with Crippen LogP contribution in [0.1, 0.15) is 17.3 Å². The summed E-state index contributed by atoms with van der Waals surface area (Å²) in [6.07, 6.45) is 0. The van der Waals surface area contributed by atoms with Gasteiger partial charge in [0.05, 0.1) is 24.6 Å². The molecule has 0 heterocycles. The van der Waals surface area contributed by atoms with Gasteiger partial charge in [-0.2, -0.15) is 0 Å². The van der Waals surface area contributed by atoms with E-state index in [1.165, 1.54) is 19.2 Å². The molecule has 0 saturated heterocycles. The monoisotopic (exact) mass is 336 g/mol. The van der Waals surface area contributed by atoms with Gasteiger partial charge < -0.3 is 18.9 Å². The van der Waals surface area contributed by atoms with Gasteiger partial charge in [0.15, 0.2) is 0 Å². The van der Waals surface area contributed by atoms with Crippen molar-refractivity contribution >= 4 is 18.9 Å². The molecule has 2 aromatic carbocycles. The summed E-state index contributed by atoms with van der Waals surface area (Å²) < 4.78 is 26.9. The third-order valence-electron chi connectivity index (χ3n) is 2.98. The fourth-order valence-corrected chi connectivity index (χ4v) is 2.89. The zero-order valence-electron chi connectivity index (χ0n) is 12.8. The SMILES string of the molecule is CCOP(=O)(O)c1ccc(Oc2ccc(C(=O)OC)cc2)cc1. The number of ether oxygens (including phenoxy) is 2. The van der Waals surface area contributed by atoms with Crippen LogP contribution >= 0.6 is 7.60 Å². The van der Waals surface area contributed by atoms with Crippen LogP contribution in [0.2, 0.25) is 0 Å². The number of carbonyl (C=O) groups is 1. The van der Waals surface area contributed by atoms with E-state index in [1.807, 2.05) is 0 Å². The first kappa shape index (κ1) is 17.2. The number of hydrogen-bond donors (Lipinski definition) is 1. The molecule has 0 radical (unpaired) electrons. The molecule has 2 rings (SSSR count). The third-order valence-corrected chi connectivity index (χ3v) is 4.54. The number of hydrogen-bond acceptors (Lipinski definition) is 5. The molecule has 0 fully saturated rings. The van der Waals surface area contributed by atoms with E-state index >= 15 is 0 Å². The largest absolute Gasteiger partial charge is 0.465 e. The van der Waals surface area contributed by atoms with E-state index in [4.69, 9.17) is 9.26 Å². The molecule has 1 N–H and O–H groups in total. The van der Waals surface area contributed by atoms with Crippen molar-refractivity contribution in [1.29, 1.82) is 0 Å². The molecule has 0 aromatic heterocycles. The standard InChI is InChI=1S/C16H17O6P/c1-3-21-23(18,19)15-10-8-14(9-11-15)22-13-6-4-12(5-7-13)16(17)20-2/h4-11H,3H2,1-2H3,(H,18,19). The van der Waals surface area contributed by atoms with E-state index in [-0.39, 0.29) is 11.9 Å². The Hall–Kier alpha value is -2.14. The molecule has 7 heteroatoms. The Balaban J connectivity index is 2.09. The zero-order chi connectivity index (χ0) is 16.9. The number of methoxy groups -OCH3 is 1. The molecule has 1 atom stereocenters. The summed E-state index contributed by atoms with van der Waals surface area (Å²) in [7, 11) is -2.46. The van der Waals surface area contributed by atoms with Crippen LogP contribution < -0.4 is 10.0 Å². The van der Waals surface area contributed by atoms with Crippen LogP contribution in [0.4, 0.5) is 0 Å². The topological polar surface area (TPSA) is 82.1 Å². The maximum atomic E-state index is 11.9. The molecule has 0 amide bonds. The lowest BCUT2D eigenvalue weighted by Gasteiger charge is -2.11. The number of benzene rings is 2. The minimum absolute atomic E-state index is 0.151. The summed E-state index contributed by atoms with van der Waals surface area (Å²) in [5, 5.41) is 0.202. The molecular weight excluding hydrogens is 319 g/mol. The molecule has 2 aromatic rings. The second-order valence-electron chi connectivity index (χ2n) is 4.55. The van der Waals surface area contributed by atoms with Crippen molar-refractivity contribution in [3.63, 3.8) is 0 Å². The quantitative estimate of drug-likeness (QED) is 0.645. The first-order valence-electron chi connectivity index (χ1n) is 6.90. The van der Waals surface area contributed by atoms with Gasteiger partial charge in [-0.3, -0.25) is 4.57 Å². The molecule has 0 spiro atoms. The van der Waals surface area contributed by atoms with Crippen LogP contribution in [0.5, 0.6) is 11.5 Å². The van der Waals surface area contributed by atoms with E-state index < -0.39 is 13.6 Å². The summed E-state index contributed by atoms with van der Waals surface area (Å²) in [6, 6.07) is 12.6.